The van der Waals surface area contributed by atoms with Gasteiger partial charge < -0.3 is 10.4 Å². The quantitative estimate of drug-likeness (QED) is 0.439. The number of hydrogen-bond acceptors (Lipinski definition) is 3. The highest BCUT2D eigenvalue weighted by Crippen LogP contribution is 2.25. The van der Waals surface area contributed by atoms with Crippen molar-refractivity contribution >= 4 is 23.1 Å². The third-order valence-electron chi connectivity index (χ3n) is 4.88. The molecule has 2 N–H and O–H groups in total. The maximum atomic E-state index is 12.3. The predicted molar refractivity (Wildman–Crippen MR) is 123 cm³/mol. The molecule has 0 aliphatic heterocycles. The molecule has 0 radical (unpaired) electrons. The summed E-state index contributed by atoms with van der Waals surface area (Å²) in [5.41, 5.74) is 4.85. The van der Waals surface area contributed by atoms with Crippen LogP contribution in [0.2, 0.25) is 0 Å². The van der Waals surface area contributed by atoms with E-state index >= 15 is 0 Å². The van der Waals surface area contributed by atoms with Gasteiger partial charge in [0.25, 0.3) is 0 Å². The van der Waals surface area contributed by atoms with Crippen molar-refractivity contribution in [2.45, 2.75) is 32.1 Å². The van der Waals surface area contributed by atoms with E-state index in [1.165, 1.54) is 0 Å². The number of aromatic nitrogens is 1. The fourth-order valence-electron chi connectivity index (χ4n) is 3.28. The molecule has 158 valence electrons. The molecular weight excluding hydrogens is 388 g/mol. The Labute approximate surface area is 182 Å². The third-order valence-corrected chi connectivity index (χ3v) is 4.88. The SMILES string of the molecule is O=C(O)CCCC=C(c1ccc(NC(=O)CCc2ccccc2)cc1)c1cccnc1. The van der Waals surface area contributed by atoms with E-state index in [9.17, 15) is 9.59 Å². The molecule has 2 aromatic carbocycles. The van der Waals surface area contributed by atoms with Crippen LogP contribution in [0.15, 0.2) is 85.2 Å². The highest BCUT2D eigenvalue weighted by Gasteiger charge is 2.08. The first-order chi connectivity index (χ1) is 15.1. The summed E-state index contributed by atoms with van der Waals surface area (Å²) in [7, 11) is 0. The highest BCUT2D eigenvalue weighted by molar-refractivity contribution is 5.91. The van der Waals surface area contributed by atoms with Crippen LogP contribution in [0.4, 0.5) is 5.69 Å². The largest absolute Gasteiger partial charge is 0.481 e. The molecule has 1 amide bonds. The second kappa shape index (κ2) is 11.5. The zero-order valence-electron chi connectivity index (χ0n) is 17.3. The van der Waals surface area contributed by atoms with Crippen molar-refractivity contribution in [3.05, 3.63) is 102 Å². The smallest absolute Gasteiger partial charge is 0.303 e. The molecule has 0 fully saturated rings. The molecule has 0 bridgehead atoms. The Kier molecular flexibility index (Phi) is 8.12. The molecule has 0 aliphatic rings. The number of hydrogen-bond donors (Lipinski definition) is 2. The molecule has 5 nitrogen and oxygen atoms in total. The molecule has 0 saturated carbocycles. The Morgan fingerprint density at radius 3 is 2.35 bits per heavy atom. The van der Waals surface area contributed by atoms with Gasteiger partial charge in [0.1, 0.15) is 0 Å². The topological polar surface area (TPSA) is 79.3 Å². The van der Waals surface area contributed by atoms with Crippen molar-refractivity contribution in [1.29, 1.82) is 0 Å². The lowest BCUT2D eigenvalue weighted by Crippen LogP contribution is -2.12. The summed E-state index contributed by atoms with van der Waals surface area (Å²) >= 11 is 0. The van der Waals surface area contributed by atoms with Crippen LogP contribution in [0.25, 0.3) is 5.57 Å². The number of carbonyl (C=O) groups is 2. The molecule has 0 unspecified atom stereocenters. The zero-order valence-corrected chi connectivity index (χ0v) is 17.3. The number of nitrogens with one attached hydrogen (secondary N) is 1. The van der Waals surface area contributed by atoms with Crippen molar-refractivity contribution in [3.8, 4) is 0 Å². The molecule has 0 spiro atoms. The standard InChI is InChI=1S/C26H26N2O3/c29-25(17-12-20-7-2-1-3-8-20)28-23-15-13-21(14-16-23)24(10-4-5-11-26(30)31)22-9-6-18-27-19-22/h1-3,6-10,13-16,18-19H,4-5,11-12,17H2,(H,28,29)(H,30,31). The van der Waals surface area contributed by atoms with Gasteiger partial charge in [0, 0.05) is 36.5 Å². The van der Waals surface area contributed by atoms with E-state index in [1.54, 1.807) is 12.4 Å². The van der Waals surface area contributed by atoms with Crippen LogP contribution in [0.5, 0.6) is 0 Å². The van der Waals surface area contributed by atoms with Crippen LogP contribution in [0.1, 0.15) is 42.4 Å². The number of benzene rings is 2. The second-order valence-electron chi connectivity index (χ2n) is 7.26. The number of aliphatic carboxylic acids is 1. The van der Waals surface area contributed by atoms with E-state index in [-0.39, 0.29) is 12.3 Å². The molecule has 0 aliphatic carbocycles. The number of amides is 1. The molecule has 5 heteroatoms. The van der Waals surface area contributed by atoms with Crippen molar-refractivity contribution in [1.82, 2.24) is 4.98 Å². The molecule has 31 heavy (non-hydrogen) atoms. The van der Waals surface area contributed by atoms with E-state index in [1.807, 2.05) is 72.8 Å². The van der Waals surface area contributed by atoms with Gasteiger partial charge in [0.2, 0.25) is 5.91 Å². The lowest BCUT2D eigenvalue weighted by Gasteiger charge is -2.11. The van der Waals surface area contributed by atoms with Gasteiger partial charge in [-0.1, -0.05) is 54.6 Å². The minimum absolute atomic E-state index is 0.0201. The fourth-order valence-corrected chi connectivity index (χ4v) is 3.28. The van der Waals surface area contributed by atoms with Gasteiger partial charge in [-0.25, -0.2) is 0 Å². The van der Waals surface area contributed by atoms with Crippen molar-refractivity contribution in [2.24, 2.45) is 0 Å². The van der Waals surface area contributed by atoms with Crippen LogP contribution in [0.3, 0.4) is 0 Å². The normalized spacial score (nSPS) is 11.2. The summed E-state index contributed by atoms with van der Waals surface area (Å²) in [5, 5.41) is 11.8. The van der Waals surface area contributed by atoms with Gasteiger partial charge in [0.15, 0.2) is 0 Å². The summed E-state index contributed by atoms with van der Waals surface area (Å²) in [6.07, 6.45) is 8.08. The third kappa shape index (κ3) is 7.23. The molecule has 1 heterocycles. The number of carbonyl (C=O) groups excluding carboxylic acids is 1. The van der Waals surface area contributed by atoms with Gasteiger partial charge >= 0.3 is 5.97 Å². The number of carboxylic acid groups (broad SMARTS) is 1. The highest BCUT2D eigenvalue weighted by atomic mass is 16.4. The number of carboxylic acids is 1. The van der Waals surface area contributed by atoms with E-state index in [2.05, 4.69) is 10.3 Å². The maximum Gasteiger partial charge on any atom is 0.303 e. The molecular formula is C26H26N2O3. The number of rotatable bonds is 10. The first-order valence-corrected chi connectivity index (χ1v) is 10.4. The second-order valence-corrected chi connectivity index (χ2v) is 7.26. The Hall–Kier alpha value is -3.73. The minimum atomic E-state index is -0.788. The number of anilines is 1. The Morgan fingerprint density at radius 1 is 0.903 bits per heavy atom. The van der Waals surface area contributed by atoms with Gasteiger partial charge in [-0.05, 0) is 54.2 Å². The molecule has 3 rings (SSSR count). The molecule has 3 aromatic rings. The van der Waals surface area contributed by atoms with Crippen LogP contribution >= 0.6 is 0 Å². The Bertz CT molecular complexity index is 1010. The number of unbranched alkanes of at least 4 members (excludes halogenated alkanes) is 1. The van der Waals surface area contributed by atoms with E-state index in [0.717, 1.165) is 28.0 Å². The summed E-state index contributed by atoms with van der Waals surface area (Å²) in [6.45, 7) is 0. The van der Waals surface area contributed by atoms with Crippen molar-refractivity contribution in [2.75, 3.05) is 5.32 Å². The Balaban J connectivity index is 1.65. The summed E-state index contributed by atoms with van der Waals surface area (Å²) in [4.78, 5) is 27.2. The van der Waals surface area contributed by atoms with Crippen molar-refractivity contribution in [3.63, 3.8) is 0 Å². The lowest BCUT2D eigenvalue weighted by atomic mass is 9.97. The summed E-state index contributed by atoms with van der Waals surface area (Å²) in [5.74, 6) is -0.808. The van der Waals surface area contributed by atoms with Crippen LogP contribution in [-0.2, 0) is 16.0 Å². The van der Waals surface area contributed by atoms with E-state index in [0.29, 0.717) is 25.7 Å². The number of allylic oxidation sites excluding steroid dienone is 1. The van der Waals surface area contributed by atoms with Gasteiger partial charge in [-0.3, -0.25) is 14.6 Å². The van der Waals surface area contributed by atoms with E-state index in [4.69, 9.17) is 5.11 Å². The van der Waals surface area contributed by atoms with Gasteiger partial charge in [0.05, 0.1) is 0 Å². The van der Waals surface area contributed by atoms with Crippen molar-refractivity contribution < 1.29 is 14.7 Å². The molecule has 0 atom stereocenters. The van der Waals surface area contributed by atoms with Gasteiger partial charge in [-0.15, -0.1) is 0 Å². The number of pyridine rings is 1. The number of nitrogens with zero attached hydrogens (tertiary/aromatic N) is 1. The average Bonchev–Trinajstić information content (AvgIpc) is 2.80. The monoisotopic (exact) mass is 414 g/mol. The number of aryl methyl sites for hydroxylation is 1. The predicted octanol–water partition coefficient (Wildman–Crippen LogP) is 5.34. The van der Waals surface area contributed by atoms with Crippen LogP contribution in [-0.4, -0.2) is 22.0 Å². The molecule has 0 saturated heterocycles. The fraction of sp³-hybridized carbons (Fsp3) is 0.192. The maximum absolute atomic E-state index is 12.3. The summed E-state index contributed by atoms with van der Waals surface area (Å²) < 4.78 is 0. The zero-order chi connectivity index (χ0) is 21.9. The summed E-state index contributed by atoms with van der Waals surface area (Å²) in [6, 6.07) is 21.5. The first-order valence-electron chi connectivity index (χ1n) is 10.4. The van der Waals surface area contributed by atoms with E-state index < -0.39 is 5.97 Å². The first kappa shape index (κ1) is 22.0. The molecule has 1 aromatic heterocycles. The van der Waals surface area contributed by atoms with Gasteiger partial charge in [-0.2, -0.15) is 0 Å². The Morgan fingerprint density at radius 2 is 1.68 bits per heavy atom. The minimum Gasteiger partial charge on any atom is -0.481 e. The lowest BCUT2D eigenvalue weighted by molar-refractivity contribution is -0.137. The van der Waals surface area contributed by atoms with Crippen LogP contribution < -0.4 is 5.32 Å². The average molecular weight is 415 g/mol. The van der Waals surface area contributed by atoms with Crippen LogP contribution in [0, 0.1) is 0 Å².